The monoisotopic (exact) mass is 303 g/mol. The van der Waals surface area contributed by atoms with Crippen LogP contribution < -0.4 is 0 Å². The van der Waals surface area contributed by atoms with Crippen LogP contribution in [0.5, 0.6) is 0 Å². The molecule has 0 spiro atoms. The molecule has 1 nitrogen and oxygen atoms in total. The topological polar surface area (TPSA) is 23.8 Å². The standard InChI is InChI=1S/C9H4Br2FN/c10-9(11)4-6-1-2-8(12)7(3-6)5-13/h1-4H. The first-order valence-electron chi connectivity index (χ1n) is 3.36. The first-order valence-corrected chi connectivity index (χ1v) is 4.94. The lowest BCUT2D eigenvalue weighted by Gasteiger charge is -1.95. The van der Waals surface area contributed by atoms with Crippen LogP contribution in [-0.4, -0.2) is 0 Å². The molecular weight excluding hydrogens is 301 g/mol. The number of nitrogens with zero attached hydrogens (tertiary/aromatic N) is 1. The van der Waals surface area contributed by atoms with E-state index in [2.05, 4.69) is 31.9 Å². The number of hydrogen-bond acceptors (Lipinski definition) is 1. The Morgan fingerprint density at radius 1 is 1.46 bits per heavy atom. The molecule has 1 aromatic rings. The first-order chi connectivity index (χ1) is 6.13. The van der Waals surface area contributed by atoms with E-state index >= 15 is 0 Å². The van der Waals surface area contributed by atoms with Crippen molar-refractivity contribution in [1.82, 2.24) is 0 Å². The van der Waals surface area contributed by atoms with Crippen LogP contribution in [-0.2, 0) is 0 Å². The van der Waals surface area contributed by atoms with Crippen LogP contribution in [0.25, 0.3) is 6.08 Å². The third kappa shape index (κ3) is 2.94. The number of halogens is 3. The second-order valence-electron chi connectivity index (χ2n) is 2.29. The summed E-state index contributed by atoms with van der Waals surface area (Å²) in [5.74, 6) is -0.495. The van der Waals surface area contributed by atoms with Crippen LogP contribution in [0, 0.1) is 17.1 Å². The normalized spacial score (nSPS) is 9.08. The average molecular weight is 305 g/mol. The van der Waals surface area contributed by atoms with E-state index in [9.17, 15) is 4.39 Å². The SMILES string of the molecule is N#Cc1cc(C=C(Br)Br)ccc1F. The summed E-state index contributed by atoms with van der Waals surface area (Å²) in [5, 5.41) is 8.54. The molecule has 0 bridgehead atoms. The van der Waals surface area contributed by atoms with Gasteiger partial charge in [0.25, 0.3) is 0 Å². The molecule has 0 aliphatic heterocycles. The van der Waals surface area contributed by atoms with Gasteiger partial charge in [-0.2, -0.15) is 5.26 Å². The molecule has 0 unspecified atom stereocenters. The Hall–Kier alpha value is -0.660. The van der Waals surface area contributed by atoms with Gasteiger partial charge in [-0.05, 0) is 55.6 Å². The van der Waals surface area contributed by atoms with Gasteiger partial charge in [-0.25, -0.2) is 4.39 Å². The summed E-state index contributed by atoms with van der Waals surface area (Å²) in [4.78, 5) is 0. The Bertz CT molecular complexity index is 389. The van der Waals surface area contributed by atoms with Gasteiger partial charge in [0.2, 0.25) is 0 Å². The molecule has 0 saturated carbocycles. The third-order valence-electron chi connectivity index (χ3n) is 1.39. The number of hydrogen-bond donors (Lipinski definition) is 0. The lowest BCUT2D eigenvalue weighted by molar-refractivity contribution is 0.624. The summed E-state index contributed by atoms with van der Waals surface area (Å²) in [7, 11) is 0. The molecule has 0 atom stereocenters. The number of rotatable bonds is 1. The van der Waals surface area contributed by atoms with Gasteiger partial charge in [-0.1, -0.05) is 6.07 Å². The Morgan fingerprint density at radius 3 is 2.69 bits per heavy atom. The van der Waals surface area contributed by atoms with Crippen molar-refractivity contribution >= 4 is 37.9 Å². The molecule has 4 heteroatoms. The van der Waals surface area contributed by atoms with Gasteiger partial charge in [-0.3, -0.25) is 0 Å². The van der Waals surface area contributed by atoms with E-state index in [-0.39, 0.29) is 5.56 Å². The minimum absolute atomic E-state index is 0.0509. The molecule has 0 radical (unpaired) electrons. The van der Waals surface area contributed by atoms with Crippen molar-refractivity contribution in [2.24, 2.45) is 0 Å². The molecule has 0 fully saturated rings. The molecule has 1 aromatic carbocycles. The zero-order valence-corrected chi connectivity index (χ0v) is 9.56. The lowest BCUT2D eigenvalue weighted by Crippen LogP contribution is -1.83. The van der Waals surface area contributed by atoms with Crippen molar-refractivity contribution in [3.05, 3.63) is 38.5 Å². The minimum atomic E-state index is -0.495. The molecule has 0 saturated heterocycles. The third-order valence-corrected chi connectivity index (χ3v) is 1.84. The molecule has 0 N–H and O–H groups in total. The molecule has 0 heterocycles. The lowest BCUT2D eigenvalue weighted by atomic mass is 10.1. The summed E-state index contributed by atoms with van der Waals surface area (Å²) < 4.78 is 13.6. The van der Waals surface area contributed by atoms with E-state index in [1.807, 2.05) is 0 Å². The fourth-order valence-electron chi connectivity index (χ4n) is 0.844. The highest BCUT2D eigenvalue weighted by Crippen LogP contribution is 2.19. The summed E-state index contributed by atoms with van der Waals surface area (Å²) in [6.07, 6.45) is 1.74. The van der Waals surface area contributed by atoms with Gasteiger partial charge in [0.05, 0.1) is 8.96 Å². The van der Waals surface area contributed by atoms with Gasteiger partial charge >= 0.3 is 0 Å². The van der Waals surface area contributed by atoms with Gasteiger partial charge in [-0.15, -0.1) is 0 Å². The van der Waals surface area contributed by atoms with Crippen LogP contribution in [0.15, 0.2) is 21.6 Å². The molecule has 66 valence electrons. The van der Waals surface area contributed by atoms with E-state index in [0.717, 1.165) is 8.96 Å². The summed E-state index contributed by atoms with van der Waals surface area (Å²) >= 11 is 6.35. The van der Waals surface area contributed by atoms with Crippen molar-refractivity contribution in [3.8, 4) is 6.07 Å². The maximum absolute atomic E-state index is 12.8. The quantitative estimate of drug-likeness (QED) is 0.774. The molecule has 13 heavy (non-hydrogen) atoms. The number of nitriles is 1. The van der Waals surface area contributed by atoms with Crippen molar-refractivity contribution in [2.75, 3.05) is 0 Å². The van der Waals surface area contributed by atoms with E-state index in [1.54, 1.807) is 18.2 Å². The second-order valence-corrected chi connectivity index (χ2v) is 5.06. The zero-order chi connectivity index (χ0) is 9.84. The highest BCUT2D eigenvalue weighted by molar-refractivity contribution is 9.28. The molecule has 0 aliphatic rings. The first kappa shape index (κ1) is 10.4. The smallest absolute Gasteiger partial charge is 0.140 e. The van der Waals surface area contributed by atoms with Crippen LogP contribution in [0.2, 0.25) is 0 Å². The highest BCUT2D eigenvalue weighted by atomic mass is 79.9. The van der Waals surface area contributed by atoms with Crippen molar-refractivity contribution in [1.29, 1.82) is 5.26 Å². The fourth-order valence-corrected chi connectivity index (χ4v) is 1.37. The molecule has 0 aromatic heterocycles. The van der Waals surface area contributed by atoms with Gasteiger partial charge in [0.15, 0.2) is 0 Å². The summed E-state index contributed by atoms with van der Waals surface area (Å²) in [6.45, 7) is 0. The zero-order valence-electron chi connectivity index (χ0n) is 6.39. The second kappa shape index (κ2) is 4.54. The number of benzene rings is 1. The average Bonchev–Trinajstić information content (AvgIpc) is 2.07. The van der Waals surface area contributed by atoms with Crippen LogP contribution in [0.1, 0.15) is 11.1 Å². The molecule has 0 aliphatic carbocycles. The molecule has 0 amide bonds. The van der Waals surface area contributed by atoms with Gasteiger partial charge in [0, 0.05) is 0 Å². The summed E-state index contributed by atoms with van der Waals surface area (Å²) in [6, 6.07) is 6.13. The molecular formula is C9H4Br2FN. The Kier molecular flexibility index (Phi) is 3.64. The highest BCUT2D eigenvalue weighted by Gasteiger charge is 2.00. The maximum atomic E-state index is 12.8. The molecule has 1 rings (SSSR count). The van der Waals surface area contributed by atoms with Crippen molar-refractivity contribution in [2.45, 2.75) is 0 Å². The van der Waals surface area contributed by atoms with Crippen molar-refractivity contribution < 1.29 is 4.39 Å². The Morgan fingerprint density at radius 2 is 2.15 bits per heavy atom. The van der Waals surface area contributed by atoms with E-state index in [4.69, 9.17) is 5.26 Å². The summed E-state index contributed by atoms with van der Waals surface area (Å²) in [5.41, 5.74) is 0.816. The van der Waals surface area contributed by atoms with Crippen LogP contribution in [0.4, 0.5) is 4.39 Å². The van der Waals surface area contributed by atoms with E-state index < -0.39 is 5.82 Å². The minimum Gasteiger partial charge on any atom is -0.206 e. The predicted octanol–water partition coefficient (Wildman–Crippen LogP) is 3.79. The van der Waals surface area contributed by atoms with Crippen LogP contribution >= 0.6 is 31.9 Å². The van der Waals surface area contributed by atoms with Crippen LogP contribution in [0.3, 0.4) is 0 Å². The largest absolute Gasteiger partial charge is 0.206 e. The predicted molar refractivity (Wildman–Crippen MR) is 56.9 cm³/mol. The Balaban J connectivity index is 3.16. The fraction of sp³-hybridized carbons (Fsp3) is 0. The van der Waals surface area contributed by atoms with Crippen molar-refractivity contribution in [3.63, 3.8) is 0 Å². The van der Waals surface area contributed by atoms with E-state index in [1.165, 1.54) is 12.1 Å². The van der Waals surface area contributed by atoms with E-state index in [0.29, 0.717) is 0 Å². The Labute approximate surface area is 92.1 Å². The van der Waals surface area contributed by atoms with Gasteiger partial charge < -0.3 is 0 Å². The maximum Gasteiger partial charge on any atom is 0.140 e. The van der Waals surface area contributed by atoms with Gasteiger partial charge in [0.1, 0.15) is 11.9 Å².